The molecule has 0 saturated heterocycles. The van der Waals surface area contributed by atoms with Gasteiger partial charge in [0.15, 0.2) is 5.12 Å². The molecule has 0 aromatic rings. The fourth-order valence-electron chi connectivity index (χ4n) is 1.59. The van der Waals surface area contributed by atoms with E-state index >= 15 is 0 Å². The van der Waals surface area contributed by atoms with E-state index in [0.29, 0.717) is 6.42 Å². The molecule has 0 fully saturated rings. The molecule has 0 aromatic carbocycles. The molecule has 0 rings (SSSR count). The highest BCUT2D eigenvalue weighted by Gasteiger charge is 2.31. The fourth-order valence-corrected chi connectivity index (χ4v) is 2.52. The standard InChI is InChI=1S/C15H25NO6S/c1-6-9(3)14(19)16-13(15(20)22-7-2)10(4)23-12(18)8-11(17)21-5/h9-10,13H,6-8H2,1-5H3,(H,16,19). The molecule has 0 aliphatic rings. The Kier molecular flexibility index (Phi) is 10.3. The minimum absolute atomic E-state index is 0.169. The maximum atomic E-state index is 12.0. The van der Waals surface area contributed by atoms with Gasteiger partial charge in [-0.1, -0.05) is 32.5 Å². The summed E-state index contributed by atoms with van der Waals surface area (Å²) in [6, 6.07) is -0.956. The minimum atomic E-state index is -0.956. The largest absolute Gasteiger partial charge is 0.469 e. The van der Waals surface area contributed by atoms with Crippen molar-refractivity contribution < 1.29 is 28.7 Å². The summed E-state index contributed by atoms with van der Waals surface area (Å²) in [5.74, 6) is -1.78. The number of thioether (sulfide) groups is 1. The van der Waals surface area contributed by atoms with Crippen molar-refractivity contribution in [2.24, 2.45) is 5.92 Å². The summed E-state index contributed by atoms with van der Waals surface area (Å²) in [7, 11) is 1.19. The number of esters is 2. The van der Waals surface area contributed by atoms with Gasteiger partial charge < -0.3 is 14.8 Å². The molecule has 0 saturated carbocycles. The van der Waals surface area contributed by atoms with Crippen LogP contribution in [0.3, 0.4) is 0 Å². The zero-order valence-electron chi connectivity index (χ0n) is 14.2. The van der Waals surface area contributed by atoms with Crippen molar-refractivity contribution in [3.63, 3.8) is 0 Å². The third-order valence-electron chi connectivity index (χ3n) is 3.20. The molecule has 7 nitrogen and oxygen atoms in total. The van der Waals surface area contributed by atoms with Gasteiger partial charge in [0.1, 0.15) is 12.5 Å². The molecule has 0 aromatic heterocycles. The van der Waals surface area contributed by atoms with Crippen molar-refractivity contribution in [2.75, 3.05) is 13.7 Å². The molecule has 3 atom stereocenters. The Morgan fingerprint density at radius 3 is 2.22 bits per heavy atom. The van der Waals surface area contributed by atoms with Crippen LogP contribution in [0.5, 0.6) is 0 Å². The first kappa shape index (κ1) is 21.4. The van der Waals surface area contributed by atoms with E-state index in [0.717, 1.165) is 11.8 Å². The second-order valence-corrected chi connectivity index (χ2v) is 6.43. The molecule has 23 heavy (non-hydrogen) atoms. The van der Waals surface area contributed by atoms with E-state index in [2.05, 4.69) is 10.1 Å². The summed E-state index contributed by atoms with van der Waals surface area (Å²) >= 11 is 0.812. The van der Waals surface area contributed by atoms with E-state index in [1.165, 1.54) is 7.11 Å². The molecule has 132 valence electrons. The number of amides is 1. The first-order chi connectivity index (χ1) is 10.8. The van der Waals surface area contributed by atoms with Crippen LogP contribution in [0.15, 0.2) is 0 Å². The van der Waals surface area contributed by atoms with Crippen LogP contribution in [0.2, 0.25) is 0 Å². The van der Waals surface area contributed by atoms with E-state index in [4.69, 9.17) is 4.74 Å². The van der Waals surface area contributed by atoms with Crippen LogP contribution in [0.1, 0.15) is 40.5 Å². The van der Waals surface area contributed by atoms with E-state index in [1.54, 1.807) is 20.8 Å². The van der Waals surface area contributed by atoms with Gasteiger partial charge in [-0.2, -0.15) is 0 Å². The summed E-state index contributed by atoms with van der Waals surface area (Å²) < 4.78 is 9.38. The van der Waals surface area contributed by atoms with Gasteiger partial charge in [-0.3, -0.25) is 14.4 Å². The molecule has 8 heteroatoms. The number of rotatable bonds is 9. The molecule has 0 aliphatic heterocycles. The van der Waals surface area contributed by atoms with Crippen LogP contribution in [0, 0.1) is 5.92 Å². The highest BCUT2D eigenvalue weighted by atomic mass is 32.2. The molecule has 0 spiro atoms. The average molecular weight is 347 g/mol. The molecule has 0 aliphatic carbocycles. The normalized spacial score (nSPS) is 14.3. The lowest BCUT2D eigenvalue weighted by Gasteiger charge is -2.23. The van der Waals surface area contributed by atoms with Gasteiger partial charge in [0.2, 0.25) is 5.91 Å². The van der Waals surface area contributed by atoms with Crippen molar-refractivity contribution in [3.05, 3.63) is 0 Å². The van der Waals surface area contributed by atoms with E-state index in [-0.39, 0.29) is 24.9 Å². The molecule has 0 radical (unpaired) electrons. The Morgan fingerprint density at radius 1 is 1.13 bits per heavy atom. The molecule has 1 N–H and O–H groups in total. The number of nitrogens with one attached hydrogen (secondary N) is 1. The molecule has 3 unspecified atom stereocenters. The van der Waals surface area contributed by atoms with Crippen molar-refractivity contribution in [1.82, 2.24) is 5.32 Å². The van der Waals surface area contributed by atoms with Crippen LogP contribution >= 0.6 is 11.8 Å². The SMILES string of the molecule is CCOC(=O)C(NC(=O)C(C)CC)C(C)SC(=O)CC(=O)OC. The lowest BCUT2D eigenvalue weighted by Crippen LogP contribution is -2.49. The first-order valence-electron chi connectivity index (χ1n) is 7.50. The Balaban J connectivity index is 4.90. The maximum absolute atomic E-state index is 12.0. The summed E-state index contributed by atoms with van der Waals surface area (Å²) in [5.41, 5.74) is 0. The molecule has 0 heterocycles. The molecular formula is C15H25NO6S. The topological polar surface area (TPSA) is 98.8 Å². The van der Waals surface area contributed by atoms with Gasteiger partial charge in [0.25, 0.3) is 0 Å². The van der Waals surface area contributed by atoms with Gasteiger partial charge >= 0.3 is 11.9 Å². The number of methoxy groups -OCH3 is 1. The number of carbonyl (C=O) groups is 4. The van der Waals surface area contributed by atoms with Crippen molar-refractivity contribution in [1.29, 1.82) is 0 Å². The summed E-state index contributed by atoms with van der Waals surface area (Å²) in [6.07, 6.45) is 0.241. The second-order valence-electron chi connectivity index (χ2n) is 5.00. The van der Waals surface area contributed by atoms with Crippen molar-refractivity contribution >= 4 is 34.7 Å². The number of carbonyl (C=O) groups excluding carboxylic acids is 4. The second kappa shape index (κ2) is 11.0. The third-order valence-corrected chi connectivity index (χ3v) is 4.25. The minimum Gasteiger partial charge on any atom is -0.469 e. The van der Waals surface area contributed by atoms with Gasteiger partial charge in [-0.15, -0.1) is 0 Å². The van der Waals surface area contributed by atoms with E-state index in [9.17, 15) is 19.2 Å². The lowest BCUT2D eigenvalue weighted by atomic mass is 10.1. The smallest absolute Gasteiger partial charge is 0.329 e. The number of ether oxygens (including phenoxy) is 2. The Hall–Kier alpha value is -1.57. The van der Waals surface area contributed by atoms with Crippen LogP contribution in [-0.4, -0.2) is 48.0 Å². The monoisotopic (exact) mass is 347 g/mol. The maximum Gasteiger partial charge on any atom is 0.329 e. The Bertz CT molecular complexity index is 440. The van der Waals surface area contributed by atoms with Crippen LogP contribution in [0.4, 0.5) is 0 Å². The summed E-state index contributed by atoms with van der Waals surface area (Å²) in [5, 5.41) is 1.62. The number of hydrogen-bond acceptors (Lipinski definition) is 7. The van der Waals surface area contributed by atoms with E-state index in [1.807, 2.05) is 6.92 Å². The zero-order valence-corrected chi connectivity index (χ0v) is 15.0. The Labute approximate surface area is 140 Å². The van der Waals surface area contributed by atoms with Gasteiger partial charge in [0, 0.05) is 11.2 Å². The number of hydrogen-bond donors (Lipinski definition) is 1. The summed E-state index contributed by atoms with van der Waals surface area (Å²) in [6.45, 7) is 7.06. The van der Waals surface area contributed by atoms with Gasteiger partial charge in [-0.05, 0) is 13.3 Å². The van der Waals surface area contributed by atoms with Gasteiger partial charge in [0.05, 0.1) is 13.7 Å². The Morgan fingerprint density at radius 2 is 1.74 bits per heavy atom. The predicted octanol–water partition coefficient (Wildman–Crippen LogP) is 1.29. The third kappa shape index (κ3) is 8.01. The van der Waals surface area contributed by atoms with Crippen LogP contribution < -0.4 is 5.32 Å². The highest BCUT2D eigenvalue weighted by molar-refractivity contribution is 8.14. The van der Waals surface area contributed by atoms with Crippen LogP contribution in [-0.2, 0) is 28.7 Å². The first-order valence-corrected chi connectivity index (χ1v) is 8.37. The fraction of sp³-hybridized carbons (Fsp3) is 0.733. The average Bonchev–Trinajstić information content (AvgIpc) is 2.50. The lowest BCUT2D eigenvalue weighted by molar-refractivity contribution is -0.147. The molecular weight excluding hydrogens is 322 g/mol. The predicted molar refractivity (Wildman–Crippen MR) is 86.7 cm³/mol. The zero-order chi connectivity index (χ0) is 18.0. The summed E-state index contributed by atoms with van der Waals surface area (Å²) in [4.78, 5) is 46.9. The molecule has 0 bridgehead atoms. The van der Waals surface area contributed by atoms with Crippen molar-refractivity contribution in [3.8, 4) is 0 Å². The van der Waals surface area contributed by atoms with Crippen LogP contribution in [0.25, 0.3) is 0 Å². The van der Waals surface area contributed by atoms with E-state index < -0.39 is 28.3 Å². The van der Waals surface area contributed by atoms with Crippen molar-refractivity contribution in [2.45, 2.75) is 51.8 Å². The quantitative estimate of drug-likeness (QED) is 0.495. The molecule has 1 amide bonds. The van der Waals surface area contributed by atoms with Gasteiger partial charge in [-0.25, -0.2) is 4.79 Å². The highest BCUT2D eigenvalue weighted by Crippen LogP contribution is 2.19.